The lowest BCUT2D eigenvalue weighted by molar-refractivity contribution is 0.431. The Bertz CT molecular complexity index is 1330. The Morgan fingerprint density at radius 1 is 1.03 bits per heavy atom. The maximum Gasteiger partial charge on any atom is 0.261 e. The Hall–Kier alpha value is -3.92. The first-order chi connectivity index (χ1) is 16.2. The van der Waals surface area contributed by atoms with Gasteiger partial charge in [0.25, 0.3) is 5.89 Å². The van der Waals surface area contributed by atoms with E-state index in [-0.39, 0.29) is 0 Å². The van der Waals surface area contributed by atoms with Crippen LogP contribution in [0.15, 0.2) is 59.6 Å². The number of hydrogen-bond acceptors (Lipinski definition) is 8. The summed E-state index contributed by atoms with van der Waals surface area (Å²) < 4.78 is 9.09. The van der Waals surface area contributed by atoms with E-state index < -0.39 is 0 Å². The number of hydrogen-bond donors (Lipinski definition) is 0. The predicted octanol–water partition coefficient (Wildman–Crippen LogP) is 3.40. The van der Waals surface area contributed by atoms with Crippen molar-refractivity contribution >= 4 is 11.6 Å². The molecule has 0 N–H and O–H groups in total. The molecule has 0 bridgehead atoms. The highest BCUT2D eigenvalue weighted by Gasteiger charge is 2.18. The van der Waals surface area contributed by atoms with Crippen LogP contribution in [0.4, 0.5) is 0 Å². The summed E-state index contributed by atoms with van der Waals surface area (Å²) in [5.41, 5.74) is 4.82. The summed E-state index contributed by atoms with van der Waals surface area (Å²) in [7, 11) is 1.92. The largest absolute Gasteiger partial charge is 0.333 e. The average molecular weight is 462 g/mol. The summed E-state index contributed by atoms with van der Waals surface area (Å²) in [5.74, 6) is 0.981. The first-order valence-corrected chi connectivity index (χ1v) is 10.8. The van der Waals surface area contributed by atoms with E-state index in [1.54, 1.807) is 23.4 Å². The van der Waals surface area contributed by atoms with Crippen molar-refractivity contribution in [2.45, 2.75) is 25.8 Å². The van der Waals surface area contributed by atoms with Crippen molar-refractivity contribution in [3.05, 3.63) is 77.1 Å². The zero-order valence-corrected chi connectivity index (χ0v) is 18.6. The molecule has 166 valence electrons. The summed E-state index contributed by atoms with van der Waals surface area (Å²) in [4.78, 5) is 8.97. The molecule has 0 aliphatic heterocycles. The third kappa shape index (κ3) is 4.80. The fourth-order valence-corrected chi connectivity index (χ4v) is 3.69. The van der Waals surface area contributed by atoms with Crippen molar-refractivity contribution in [2.24, 2.45) is 7.05 Å². The van der Waals surface area contributed by atoms with Gasteiger partial charge in [-0.15, -0.1) is 5.10 Å². The van der Waals surface area contributed by atoms with Gasteiger partial charge in [-0.3, -0.25) is 9.67 Å². The molecule has 0 saturated carbocycles. The third-order valence-corrected chi connectivity index (χ3v) is 5.52. The Balaban J connectivity index is 1.28. The van der Waals surface area contributed by atoms with Gasteiger partial charge in [-0.25, -0.2) is 4.68 Å². The van der Waals surface area contributed by atoms with Crippen LogP contribution >= 0.6 is 11.6 Å². The van der Waals surface area contributed by atoms with E-state index in [9.17, 15) is 0 Å². The Kier molecular flexibility index (Phi) is 5.90. The minimum absolute atomic E-state index is 0.454. The van der Waals surface area contributed by atoms with E-state index >= 15 is 0 Å². The first-order valence-electron chi connectivity index (χ1n) is 10.4. The van der Waals surface area contributed by atoms with Gasteiger partial charge in [-0.05, 0) is 47.4 Å². The van der Waals surface area contributed by atoms with Crippen LogP contribution in [0.1, 0.15) is 23.4 Å². The molecule has 4 aromatic heterocycles. The molecule has 0 spiro atoms. The summed E-state index contributed by atoms with van der Waals surface area (Å²) in [6.07, 6.45) is 7.57. The number of tetrazole rings is 1. The highest BCUT2D eigenvalue weighted by Crippen LogP contribution is 2.26. The normalized spacial score (nSPS) is 11.2. The number of nitrogens with zero attached hydrogens (tertiary/aromatic N) is 9. The van der Waals surface area contributed by atoms with Crippen molar-refractivity contribution in [3.8, 4) is 22.8 Å². The minimum atomic E-state index is 0.454. The van der Waals surface area contributed by atoms with E-state index in [2.05, 4.69) is 35.7 Å². The second-order valence-corrected chi connectivity index (χ2v) is 8.01. The van der Waals surface area contributed by atoms with Crippen LogP contribution in [0, 0.1) is 0 Å². The van der Waals surface area contributed by atoms with Gasteiger partial charge in [0.2, 0.25) is 5.82 Å². The maximum atomic E-state index is 5.91. The average Bonchev–Trinajstić information content (AvgIpc) is 3.58. The fourth-order valence-electron chi connectivity index (χ4n) is 3.58. The number of pyridine rings is 1. The number of rotatable bonds is 8. The van der Waals surface area contributed by atoms with Gasteiger partial charge in [0.1, 0.15) is 6.33 Å². The topological polar surface area (TPSA) is 113 Å². The predicted molar refractivity (Wildman–Crippen MR) is 120 cm³/mol. The van der Waals surface area contributed by atoms with E-state index in [0.717, 1.165) is 47.3 Å². The molecule has 0 saturated heterocycles. The van der Waals surface area contributed by atoms with Crippen molar-refractivity contribution < 1.29 is 4.52 Å². The highest BCUT2D eigenvalue weighted by molar-refractivity contribution is 6.30. The zero-order valence-electron chi connectivity index (χ0n) is 17.8. The van der Waals surface area contributed by atoms with Crippen molar-refractivity contribution in [1.29, 1.82) is 0 Å². The van der Waals surface area contributed by atoms with E-state index in [4.69, 9.17) is 16.1 Å². The molecule has 0 fully saturated rings. The second-order valence-electron chi connectivity index (χ2n) is 7.58. The summed E-state index contributed by atoms with van der Waals surface area (Å²) >= 11 is 5.91. The van der Waals surface area contributed by atoms with Crippen LogP contribution in [0.5, 0.6) is 0 Å². The number of benzene rings is 1. The summed E-state index contributed by atoms with van der Waals surface area (Å²) in [6, 6.07) is 11.7. The molecular weight excluding hydrogens is 442 g/mol. The monoisotopic (exact) mass is 461 g/mol. The molecule has 0 aliphatic carbocycles. The molecule has 5 aromatic rings. The Morgan fingerprint density at radius 2 is 1.91 bits per heavy atom. The molecule has 10 nitrogen and oxygen atoms in total. The first kappa shape index (κ1) is 21.0. The van der Waals surface area contributed by atoms with E-state index in [1.165, 1.54) is 0 Å². The molecule has 5 rings (SSSR count). The van der Waals surface area contributed by atoms with Gasteiger partial charge >= 0.3 is 0 Å². The SMILES string of the molecule is Cn1ncc(-c2nc(-c3ccc(Cn4cnnn4)cc3)no2)c1CCCc1ccc(Cl)cn1. The lowest BCUT2D eigenvalue weighted by atomic mass is 10.1. The van der Waals surface area contributed by atoms with Crippen molar-refractivity contribution in [3.63, 3.8) is 0 Å². The Morgan fingerprint density at radius 3 is 2.67 bits per heavy atom. The third-order valence-electron chi connectivity index (χ3n) is 5.30. The van der Waals surface area contributed by atoms with E-state index in [0.29, 0.717) is 23.3 Å². The standard InChI is InChI=1S/C22H20ClN9O/c1-31-20(4-2-3-18-10-9-17(23)11-24-18)19(12-26-31)22-27-21(28-33-22)16-7-5-15(6-8-16)13-32-14-25-29-30-32/h5-12,14H,2-4,13H2,1H3. The van der Waals surface area contributed by atoms with Crippen LogP contribution in [0.2, 0.25) is 5.02 Å². The van der Waals surface area contributed by atoms with E-state index in [1.807, 2.05) is 48.1 Å². The quantitative estimate of drug-likeness (QED) is 0.345. The van der Waals surface area contributed by atoms with Gasteiger partial charge < -0.3 is 4.52 Å². The lowest BCUT2D eigenvalue weighted by Crippen LogP contribution is -2.01. The van der Waals surface area contributed by atoms with Crippen LogP contribution < -0.4 is 0 Å². The number of aryl methyl sites for hydroxylation is 2. The number of halogens is 1. The van der Waals surface area contributed by atoms with Crippen LogP contribution in [-0.2, 0) is 26.4 Å². The highest BCUT2D eigenvalue weighted by atomic mass is 35.5. The van der Waals surface area contributed by atoms with Gasteiger partial charge in [0.05, 0.1) is 29.0 Å². The smallest absolute Gasteiger partial charge is 0.261 e. The van der Waals surface area contributed by atoms with Gasteiger partial charge in [0.15, 0.2) is 0 Å². The summed E-state index contributed by atoms with van der Waals surface area (Å²) in [5, 5.41) is 20.4. The molecular formula is C22H20ClN9O. The molecule has 0 unspecified atom stereocenters. The second kappa shape index (κ2) is 9.29. The van der Waals surface area contributed by atoms with Crippen molar-refractivity contribution in [1.82, 2.24) is 45.1 Å². The molecule has 33 heavy (non-hydrogen) atoms. The lowest BCUT2D eigenvalue weighted by Gasteiger charge is -2.04. The molecule has 0 radical (unpaired) electrons. The fraction of sp³-hybridized carbons (Fsp3) is 0.227. The zero-order chi connectivity index (χ0) is 22.6. The molecule has 0 atom stereocenters. The molecule has 0 aliphatic rings. The van der Waals surface area contributed by atoms with Crippen LogP contribution in [-0.4, -0.2) is 45.1 Å². The summed E-state index contributed by atoms with van der Waals surface area (Å²) in [6.45, 7) is 0.593. The number of aromatic nitrogens is 9. The molecule has 4 heterocycles. The molecule has 1 aromatic carbocycles. The molecule has 0 amide bonds. The van der Waals surface area contributed by atoms with Gasteiger partial charge in [0, 0.05) is 24.5 Å². The minimum Gasteiger partial charge on any atom is -0.333 e. The van der Waals surface area contributed by atoms with Gasteiger partial charge in [-0.1, -0.05) is 41.0 Å². The van der Waals surface area contributed by atoms with Crippen LogP contribution in [0.3, 0.4) is 0 Å². The van der Waals surface area contributed by atoms with Crippen LogP contribution in [0.25, 0.3) is 22.8 Å². The van der Waals surface area contributed by atoms with Gasteiger partial charge in [-0.2, -0.15) is 10.1 Å². The molecule has 11 heteroatoms. The van der Waals surface area contributed by atoms with Crippen molar-refractivity contribution in [2.75, 3.05) is 0 Å². The maximum absolute atomic E-state index is 5.91. The Labute approximate surface area is 194 Å².